The molecule has 0 amide bonds. The van der Waals surface area contributed by atoms with E-state index < -0.39 is 5.82 Å². The summed E-state index contributed by atoms with van der Waals surface area (Å²) in [5.74, 6) is -0.500. The maximum atomic E-state index is 13.4. The van der Waals surface area contributed by atoms with Crippen molar-refractivity contribution >= 4 is 5.78 Å². The Kier molecular flexibility index (Phi) is 4.48. The van der Waals surface area contributed by atoms with Crippen molar-refractivity contribution in [3.8, 4) is 0 Å². The first-order valence-electron chi connectivity index (χ1n) is 6.70. The number of nitrogens with zero attached hydrogens (tertiary/aromatic N) is 1. The molecule has 98 valence electrons. The van der Waals surface area contributed by atoms with Gasteiger partial charge in [-0.25, -0.2) is 4.39 Å². The first-order valence-corrected chi connectivity index (χ1v) is 6.70. The molecule has 0 bridgehead atoms. The first kappa shape index (κ1) is 13.2. The summed E-state index contributed by atoms with van der Waals surface area (Å²) in [7, 11) is 0. The number of carbonyl (C=O) groups is 1. The van der Waals surface area contributed by atoms with Gasteiger partial charge in [0, 0.05) is 19.0 Å². The van der Waals surface area contributed by atoms with Gasteiger partial charge in [-0.05, 0) is 38.4 Å². The van der Waals surface area contributed by atoms with E-state index in [1.165, 1.54) is 25.3 Å². The fourth-order valence-corrected chi connectivity index (χ4v) is 2.56. The number of halogens is 1. The minimum absolute atomic E-state index is 0.0918. The third kappa shape index (κ3) is 3.16. The summed E-state index contributed by atoms with van der Waals surface area (Å²) < 4.78 is 13.4. The highest BCUT2D eigenvalue weighted by Gasteiger charge is 2.19. The largest absolute Gasteiger partial charge is 0.300 e. The Balaban J connectivity index is 1.90. The molecule has 1 atom stereocenters. The van der Waals surface area contributed by atoms with Gasteiger partial charge in [0.2, 0.25) is 0 Å². The number of ketones is 1. The number of hydrogen-bond donors (Lipinski definition) is 0. The molecular formula is C15H20FNO. The lowest BCUT2D eigenvalue weighted by molar-refractivity contribution is 0.0932. The van der Waals surface area contributed by atoms with Crippen LogP contribution in [0.4, 0.5) is 4.39 Å². The van der Waals surface area contributed by atoms with E-state index in [0.717, 1.165) is 13.1 Å². The van der Waals surface area contributed by atoms with Crippen molar-refractivity contribution in [2.24, 2.45) is 0 Å². The van der Waals surface area contributed by atoms with Crippen LogP contribution in [0.25, 0.3) is 0 Å². The molecule has 2 rings (SSSR count). The Morgan fingerprint density at radius 3 is 2.89 bits per heavy atom. The molecule has 1 aromatic rings. The zero-order chi connectivity index (χ0) is 13.0. The molecule has 1 aliphatic rings. The molecule has 0 aliphatic carbocycles. The van der Waals surface area contributed by atoms with Gasteiger partial charge in [-0.15, -0.1) is 0 Å². The summed E-state index contributed by atoms with van der Waals surface area (Å²) in [6.45, 7) is 4.01. The van der Waals surface area contributed by atoms with E-state index in [0.29, 0.717) is 12.5 Å². The zero-order valence-electron chi connectivity index (χ0n) is 10.9. The average Bonchev–Trinajstić information content (AvgIpc) is 2.38. The van der Waals surface area contributed by atoms with E-state index in [9.17, 15) is 9.18 Å². The predicted molar refractivity (Wildman–Crippen MR) is 70.2 cm³/mol. The maximum absolute atomic E-state index is 13.4. The Hall–Kier alpha value is -1.22. The van der Waals surface area contributed by atoms with Crippen molar-refractivity contribution in [2.45, 2.75) is 38.6 Å². The predicted octanol–water partition coefficient (Wildman–Crippen LogP) is 3.27. The molecule has 0 spiro atoms. The lowest BCUT2D eigenvalue weighted by Gasteiger charge is -2.33. The number of carbonyl (C=O) groups excluding carboxylic acids is 1. The Labute approximate surface area is 108 Å². The van der Waals surface area contributed by atoms with E-state index in [1.54, 1.807) is 18.2 Å². The molecule has 1 unspecified atom stereocenters. The van der Waals surface area contributed by atoms with Gasteiger partial charge >= 0.3 is 0 Å². The van der Waals surface area contributed by atoms with Gasteiger partial charge in [-0.1, -0.05) is 18.6 Å². The molecule has 3 heteroatoms. The standard InChI is InChI=1S/C15H20FNO/c1-12-6-4-5-10-17(12)11-9-15(18)13-7-2-3-8-14(13)16/h2-3,7-8,12H,4-6,9-11H2,1H3. The fourth-order valence-electron chi connectivity index (χ4n) is 2.56. The molecule has 0 N–H and O–H groups in total. The number of benzene rings is 1. The summed E-state index contributed by atoms with van der Waals surface area (Å²) in [5.41, 5.74) is 0.224. The zero-order valence-corrected chi connectivity index (χ0v) is 10.9. The molecule has 0 radical (unpaired) electrons. The van der Waals surface area contributed by atoms with Crippen LogP contribution < -0.4 is 0 Å². The molecule has 0 aromatic heterocycles. The first-order chi connectivity index (χ1) is 8.68. The van der Waals surface area contributed by atoms with Crippen molar-refractivity contribution < 1.29 is 9.18 Å². The Bertz CT molecular complexity index is 419. The summed E-state index contributed by atoms with van der Waals surface area (Å²) in [4.78, 5) is 14.3. The Morgan fingerprint density at radius 2 is 2.17 bits per heavy atom. The SMILES string of the molecule is CC1CCCCN1CCC(=O)c1ccccc1F. The number of piperidine rings is 1. The molecule has 0 saturated carbocycles. The van der Waals surface area contributed by atoms with Gasteiger partial charge in [-0.2, -0.15) is 0 Å². The second-order valence-corrected chi connectivity index (χ2v) is 5.03. The van der Waals surface area contributed by atoms with Crippen molar-refractivity contribution in [3.63, 3.8) is 0 Å². The normalized spacial score (nSPS) is 20.9. The average molecular weight is 249 g/mol. The van der Waals surface area contributed by atoms with E-state index in [1.807, 2.05) is 0 Å². The van der Waals surface area contributed by atoms with Crippen molar-refractivity contribution in [1.29, 1.82) is 0 Å². The summed E-state index contributed by atoms with van der Waals surface area (Å²) in [5, 5.41) is 0. The fraction of sp³-hybridized carbons (Fsp3) is 0.533. The van der Waals surface area contributed by atoms with Crippen LogP contribution >= 0.6 is 0 Å². The van der Waals surface area contributed by atoms with Gasteiger partial charge < -0.3 is 4.90 Å². The van der Waals surface area contributed by atoms with E-state index in [-0.39, 0.29) is 11.3 Å². The molecule has 18 heavy (non-hydrogen) atoms. The minimum atomic E-state index is -0.408. The lowest BCUT2D eigenvalue weighted by atomic mass is 10.0. The van der Waals surface area contributed by atoms with Crippen LogP contribution in [0.5, 0.6) is 0 Å². The molecular weight excluding hydrogens is 229 g/mol. The molecule has 1 fully saturated rings. The van der Waals surface area contributed by atoms with Crippen LogP contribution in [0, 0.1) is 5.82 Å². The third-order valence-corrected chi connectivity index (χ3v) is 3.74. The quantitative estimate of drug-likeness (QED) is 0.763. The van der Waals surface area contributed by atoms with Gasteiger partial charge in [0.05, 0.1) is 5.56 Å². The highest BCUT2D eigenvalue weighted by Crippen LogP contribution is 2.17. The van der Waals surface area contributed by atoms with Crippen LogP contribution in [0.15, 0.2) is 24.3 Å². The molecule has 1 aliphatic heterocycles. The molecule has 1 saturated heterocycles. The summed E-state index contributed by atoms with van der Waals surface area (Å²) in [6.07, 6.45) is 4.09. The van der Waals surface area contributed by atoms with Gasteiger partial charge in [0.1, 0.15) is 5.82 Å². The van der Waals surface area contributed by atoms with Crippen LogP contribution in [-0.4, -0.2) is 29.8 Å². The number of hydrogen-bond acceptors (Lipinski definition) is 2. The second kappa shape index (κ2) is 6.10. The van der Waals surface area contributed by atoms with Crippen molar-refractivity contribution in [2.75, 3.05) is 13.1 Å². The number of Topliss-reactive ketones (excluding diaryl/α,β-unsaturated/α-hetero) is 1. The molecule has 2 nitrogen and oxygen atoms in total. The van der Waals surface area contributed by atoms with E-state index in [2.05, 4.69) is 11.8 Å². The highest BCUT2D eigenvalue weighted by atomic mass is 19.1. The van der Waals surface area contributed by atoms with Crippen molar-refractivity contribution in [1.82, 2.24) is 4.90 Å². The lowest BCUT2D eigenvalue weighted by Crippen LogP contribution is -2.38. The van der Waals surface area contributed by atoms with Crippen LogP contribution in [0.2, 0.25) is 0 Å². The second-order valence-electron chi connectivity index (χ2n) is 5.03. The minimum Gasteiger partial charge on any atom is -0.300 e. The van der Waals surface area contributed by atoms with E-state index in [4.69, 9.17) is 0 Å². The summed E-state index contributed by atoms with van der Waals surface area (Å²) in [6, 6.07) is 6.78. The van der Waals surface area contributed by atoms with Gasteiger partial charge in [0.15, 0.2) is 5.78 Å². The monoisotopic (exact) mass is 249 g/mol. The van der Waals surface area contributed by atoms with Crippen LogP contribution in [-0.2, 0) is 0 Å². The number of rotatable bonds is 4. The van der Waals surface area contributed by atoms with Crippen LogP contribution in [0.3, 0.4) is 0 Å². The molecule has 1 aromatic carbocycles. The van der Waals surface area contributed by atoms with Gasteiger partial charge in [0.25, 0.3) is 0 Å². The number of likely N-dealkylation sites (tertiary alicyclic amines) is 1. The topological polar surface area (TPSA) is 20.3 Å². The Morgan fingerprint density at radius 1 is 1.39 bits per heavy atom. The maximum Gasteiger partial charge on any atom is 0.167 e. The van der Waals surface area contributed by atoms with Crippen LogP contribution in [0.1, 0.15) is 43.0 Å². The van der Waals surface area contributed by atoms with Gasteiger partial charge in [-0.3, -0.25) is 4.79 Å². The van der Waals surface area contributed by atoms with Crippen molar-refractivity contribution in [3.05, 3.63) is 35.6 Å². The summed E-state index contributed by atoms with van der Waals surface area (Å²) >= 11 is 0. The third-order valence-electron chi connectivity index (χ3n) is 3.74. The smallest absolute Gasteiger partial charge is 0.167 e. The molecule has 1 heterocycles. The van der Waals surface area contributed by atoms with E-state index >= 15 is 0 Å². The highest BCUT2D eigenvalue weighted by molar-refractivity contribution is 5.96.